The highest BCUT2D eigenvalue weighted by molar-refractivity contribution is 6.00. The Morgan fingerprint density at radius 3 is 2.23 bits per heavy atom. The van der Waals surface area contributed by atoms with Crippen molar-refractivity contribution in [1.29, 1.82) is 0 Å². The Balaban J connectivity index is 1.56. The van der Waals surface area contributed by atoms with Gasteiger partial charge in [-0.1, -0.05) is 32.0 Å². The van der Waals surface area contributed by atoms with Crippen molar-refractivity contribution in [3.05, 3.63) is 59.2 Å². The molecule has 186 valence electrons. The van der Waals surface area contributed by atoms with Crippen molar-refractivity contribution in [1.82, 2.24) is 0 Å². The summed E-state index contributed by atoms with van der Waals surface area (Å²) in [5.74, 6) is -2.34. The molecule has 35 heavy (non-hydrogen) atoms. The summed E-state index contributed by atoms with van der Waals surface area (Å²) >= 11 is 0. The Morgan fingerprint density at radius 2 is 1.66 bits per heavy atom. The Hall–Kier alpha value is -3.68. The molecule has 1 fully saturated rings. The monoisotopic (exact) mass is 480 g/mol. The molecule has 1 aliphatic heterocycles. The van der Waals surface area contributed by atoms with Gasteiger partial charge in [0.1, 0.15) is 0 Å². The van der Waals surface area contributed by atoms with Crippen LogP contribution >= 0.6 is 0 Å². The molecule has 3 rings (SSSR count). The SMILES string of the molecule is CCc1cccc(CC)c1NC(=O)COC(=O)[C@@H]1CC(=O)N(c2ccc(C(=O)OC(C)C)cc2)C1. The molecule has 0 saturated carbocycles. The fourth-order valence-electron chi connectivity index (χ4n) is 4.01. The molecule has 0 radical (unpaired) electrons. The van der Waals surface area contributed by atoms with Crippen LogP contribution in [-0.4, -0.2) is 43.0 Å². The third kappa shape index (κ3) is 6.47. The third-order valence-electron chi connectivity index (χ3n) is 5.82. The van der Waals surface area contributed by atoms with Crippen molar-refractivity contribution in [2.75, 3.05) is 23.4 Å². The molecule has 1 aliphatic rings. The Labute approximate surface area is 205 Å². The van der Waals surface area contributed by atoms with Crippen LogP contribution in [0.4, 0.5) is 11.4 Å². The van der Waals surface area contributed by atoms with Crippen molar-refractivity contribution < 1.29 is 28.7 Å². The number of ether oxygens (including phenoxy) is 2. The molecule has 0 bridgehead atoms. The molecule has 0 spiro atoms. The van der Waals surface area contributed by atoms with Crippen LogP contribution in [0, 0.1) is 5.92 Å². The van der Waals surface area contributed by atoms with Crippen molar-refractivity contribution >= 4 is 35.1 Å². The van der Waals surface area contributed by atoms with Gasteiger partial charge in [0.25, 0.3) is 5.91 Å². The van der Waals surface area contributed by atoms with E-state index in [9.17, 15) is 19.2 Å². The average molecular weight is 481 g/mol. The number of hydrogen-bond acceptors (Lipinski definition) is 6. The van der Waals surface area contributed by atoms with Gasteiger partial charge in [0.2, 0.25) is 5.91 Å². The molecule has 1 saturated heterocycles. The van der Waals surface area contributed by atoms with Crippen LogP contribution in [0.5, 0.6) is 0 Å². The van der Waals surface area contributed by atoms with Gasteiger partial charge in [-0.2, -0.15) is 0 Å². The highest BCUT2D eigenvalue weighted by Gasteiger charge is 2.36. The zero-order valence-electron chi connectivity index (χ0n) is 20.6. The minimum absolute atomic E-state index is 0.00372. The minimum atomic E-state index is -0.671. The number of hydrogen-bond donors (Lipinski definition) is 1. The first-order valence-corrected chi connectivity index (χ1v) is 11.9. The van der Waals surface area contributed by atoms with Crippen molar-refractivity contribution in [2.24, 2.45) is 5.92 Å². The summed E-state index contributed by atoms with van der Waals surface area (Å²) in [5.41, 5.74) is 3.76. The van der Waals surface area contributed by atoms with Gasteiger partial charge in [0, 0.05) is 24.3 Å². The second kappa shape index (κ2) is 11.6. The number of benzene rings is 2. The standard InChI is InChI=1S/C27H32N2O6/c1-5-18-8-7-9-19(6-2)25(18)28-23(30)16-34-26(32)21-14-24(31)29(15-21)22-12-10-20(11-13-22)27(33)35-17(3)4/h7-13,17,21H,5-6,14-16H2,1-4H3,(H,28,30)/t21-/m1/s1. The number of rotatable bonds is 9. The highest BCUT2D eigenvalue weighted by Crippen LogP contribution is 2.27. The Kier molecular flexibility index (Phi) is 8.63. The fourth-order valence-corrected chi connectivity index (χ4v) is 4.01. The molecule has 8 nitrogen and oxygen atoms in total. The van der Waals surface area contributed by atoms with Gasteiger partial charge in [-0.3, -0.25) is 14.4 Å². The van der Waals surface area contributed by atoms with Gasteiger partial charge in [-0.05, 0) is 62.1 Å². The van der Waals surface area contributed by atoms with Gasteiger partial charge < -0.3 is 19.7 Å². The van der Waals surface area contributed by atoms with Crippen LogP contribution in [0.1, 0.15) is 55.6 Å². The van der Waals surface area contributed by atoms with E-state index in [1.807, 2.05) is 32.0 Å². The van der Waals surface area contributed by atoms with Crippen molar-refractivity contribution in [3.8, 4) is 0 Å². The second-order valence-electron chi connectivity index (χ2n) is 8.72. The van der Waals surface area contributed by atoms with Crippen LogP contribution in [0.15, 0.2) is 42.5 Å². The number of amides is 2. The first kappa shape index (κ1) is 25.9. The third-order valence-corrected chi connectivity index (χ3v) is 5.82. The van der Waals surface area contributed by atoms with Crippen LogP contribution < -0.4 is 10.2 Å². The molecule has 1 atom stereocenters. The summed E-state index contributed by atoms with van der Waals surface area (Å²) in [6, 6.07) is 12.3. The Bertz CT molecular complexity index is 1070. The maximum atomic E-state index is 12.6. The lowest BCUT2D eigenvalue weighted by Crippen LogP contribution is -2.28. The maximum Gasteiger partial charge on any atom is 0.338 e. The molecular weight excluding hydrogens is 448 g/mol. The quantitative estimate of drug-likeness (QED) is 0.546. The Morgan fingerprint density at radius 1 is 1.03 bits per heavy atom. The highest BCUT2D eigenvalue weighted by atomic mass is 16.5. The lowest BCUT2D eigenvalue weighted by atomic mass is 10.0. The van der Waals surface area contributed by atoms with Gasteiger partial charge in [-0.15, -0.1) is 0 Å². The summed E-state index contributed by atoms with van der Waals surface area (Å²) in [7, 11) is 0. The van der Waals surface area contributed by atoms with Crippen LogP contribution in [-0.2, 0) is 36.7 Å². The molecule has 0 aliphatic carbocycles. The van der Waals surface area contributed by atoms with E-state index < -0.39 is 30.4 Å². The summed E-state index contributed by atoms with van der Waals surface area (Å²) in [6.07, 6.45) is 1.30. The summed E-state index contributed by atoms with van der Waals surface area (Å²) in [6.45, 7) is 7.29. The first-order valence-electron chi connectivity index (χ1n) is 11.9. The number of aryl methyl sites for hydroxylation is 2. The number of para-hydroxylation sites is 1. The predicted octanol–water partition coefficient (Wildman–Crippen LogP) is 3.91. The van der Waals surface area contributed by atoms with E-state index in [2.05, 4.69) is 5.32 Å². The number of carbonyl (C=O) groups is 4. The van der Waals surface area contributed by atoms with Crippen molar-refractivity contribution in [2.45, 2.75) is 53.1 Å². The number of esters is 2. The number of carbonyl (C=O) groups excluding carboxylic acids is 4. The molecule has 2 aromatic rings. The topological polar surface area (TPSA) is 102 Å². The largest absolute Gasteiger partial charge is 0.459 e. The molecule has 2 amide bonds. The van der Waals surface area contributed by atoms with E-state index in [4.69, 9.17) is 9.47 Å². The zero-order chi connectivity index (χ0) is 25.5. The number of nitrogens with one attached hydrogen (secondary N) is 1. The molecular formula is C27H32N2O6. The van der Waals surface area contributed by atoms with Gasteiger partial charge in [0.05, 0.1) is 17.6 Å². The maximum absolute atomic E-state index is 12.6. The lowest BCUT2D eigenvalue weighted by molar-refractivity contribution is -0.151. The first-order chi connectivity index (χ1) is 16.7. The van der Waals surface area contributed by atoms with E-state index in [1.165, 1.54) is 4.90 Å². The van der Waals surface area contributed by atoms with Gasteiger partial charge >= 0.3 is 11.9 Å². The second-order valence-corrected chi connectivity index (χ2v) is 8.72. The molecule has 0 aromatic heterocycles. The normalized spacial score (nSPS) is 15.3. The summed E-state index contributed by atoms with van der Waals surface area (Å²) in [5, 5.41) is 2.87. The molecule has 2 aromatic carbocycles. The van der Waals surface area contributed by atoms with Crippen molar-refractivity contribution in [3.63, 3.8) is 0 Å². The minimum Gasteiger partial charge on any atom is -0.459 e. The molecule has 1 heterocycles. The number of nitrogens with zero attached hydrogens (tertiary/aromatic N) is 1. The molecule has 0 unspecified atom stereocenters. The average Bonchev–Trinajstić information content (AvgIpc) is 3.24. The summed E-state index contributed by atoms with van der Waals surface area (Å²) in [4.78, 5) is 51.1. The van der Waals surface area contributed by atoms with Crippen LogP contribution in [0.3, 0.4) is 0 Å². The summed E-state index contributed by atoms with van der Waals surface area (Å²) < 4.78 is 10.4. The molecule has 1 N–H and O–H groups in total. The van der Waals surface area contributed by atoms with Crippen LogP contribution in [0.25, 0.3) is 0 Å². The fraction of sp³-hybridized carbons (Fsp3) is 0.407. The predicted molar refractivity (Wildman–Crippen MR) is 132 cm³/mol. The lowest BCUT2D eigenvalue weighted by Gasteiger charge is -2.17. The van der Waals surface area contributed by atoms with Gasteiger partial charge in [-0.25, -0.2) is 4.79 Å². The zero-order valence-corrected chi connectivity index (χ0v) is 20.6. The van der Waals surface area contributed by atoms with E-state index in [0.29, 0.717) is 11.3 Å². The van der Waals surface area contributed by atoms with E-state index in [0.717, 1.165) is 29.7 Å². The smallest absolute Gasteiger partial charge is 0.338 e. The van der Waals surface area contributed by atoms with Gasteiger partial charge in [0.15, 0.2) is 6.61 Å². The molecule has 8 heteroatoms. The van der Waals surface area contributed by atoms with E-state index in [-0.39, 0.29) is 25.0 Å². The van der Waals surface area contributed by atoms with E-state index >= 15 is 0 Å². The van der Waals surface area contributed by atoms with E-state index in [1.54, 1.807) is 38.1 Å². The number of anilines is 2. The van der Waals surface area contributed by atoms with Crippen LogP contribution in [0.2, 0.25) is 0 Å².